The van der Waals surface area contributed by atoms with E-state index in [4.69, 9.17) is 11.6 Å². The van der Waals surface area contributed by atoms with Crippen molar-refractivity contribution in [3.63, 3.8) is 0 Å². The highest BCUT2D eigenvalue weighted by Gasteiger charge is 2.09. The molecule has 1 heterocycles. The summed E-state index contributed by atoms with van der Waals surface area (Å²) in [6, 6.07) is 5.59. The molecule has 0 aliphatic rings. The highest BCUT2D eigenvalue weighted by molar-refractivity contribution is 6.30. The molecule has 3 nitrogen and oxygen atoms in total. The van der Waals surface area contributed by atoms with Gasteiger partial charge in [-0.15, -0.1) is 0 Å². The summed E-state index contributed by atoms with van der Waals surface area (Å²) in [5.74, 6) is -2.14. The van der Waals surface area contributed by atoms with Crippen LogP contribution in [-0.2, 0) is 0 Å². The third-order valence-corrected chi connectivity index (χ3v) is 2.31. The van der Waals surface area contributed by atoms with Crippen molar-refractivity contribution in [2.24, 2.45) is 0 Å². The minimum absolute atomic E-state index is 0.0132. The second-order valence-electron chi connectivity index (χ2n) is 3.47. The second kappa shape index (κ2) is 5.10. The molecule has 0 fully saturated rings. The van der Waals surface area contributed by atoms with Crippen molar-refractivity contribution in [2.75, 3.05) is 5.32 Å². The molecule has 0 aliphatic heterocycles. The van der Waals surface area contributed by atoms with Crippen LogP contribution in [0.15, 0.2) is 36.5 Å². The van der Waals surface area contributed by atoms with Crippen molar-refractivity contribution in [3.05, 3.63) is 58.9 Å². The van der Waals surface area contributed by atoms with Crippen molar-refractivity contribution in [3.8, 4) is 0 Å². The molecule has 6 heteroatoms. The monoisotopic (exact) mass is 268 g/mol. The normalized spacial score (nSPS) is 10.2. The molecule has 0 radical (unpaired) electrons. The van der Waals surface area contributed by atoms with E-state index in [9.17, 15) is 13.6 Å². The molecule has 0 aliphatic carbocycles. The smallest absolute Gasteiger partial charge is 0.274 e. The molecule has 0 atom stereocenters. The Bertz CT molecular complexity index is 584. The largest absolute Gasteiger partial charge is 0.320 e. The number of halogens is 3. The molecule has 0 bridgehead atoms. The van der Waals surface area contributed by atoms with Gasteiger partial charge in [-0.3, -0.25) is 9.78 Å². The lowest BCUT2D eigenvalue weighted by Crippen LogP contribution is -2.13. The van der Waals surface area contributed by atoms with E-state index in [1.54, 1.807) is 0 Å². The van der Waals surface area contributed by atoms with Crippen LogP contribution >= 0.6 is 11.6 Å². The zero-order chi connectivity index (χ0) is 13.1. The lowest BCUT2D eigenvalue weighted by atomic mass is 10.2. The highest BCUT2D eigenvalue weighted by Crippen LogP contribution is 2.14. The van der Waals surface area contributed by atoms with Gasteiger partial charge in [-0.2, -0.15) is 0 Å². The number of aromatic nitrogens is 1. The van der Waals surface area contributed by atoms with E-state index in [0.717, 1.165) is 12.1 Å². The second-order valence-corrected chi connectivity index (χ2v) is 3.91. The number of pyridine rings is 1. The topological polar surface area (TPSA) is 42.0 Å². The Hall–Kier alpha value is -2.01. The number of carbonyl (C=O) groups excluding carboxylic acids is 1. The van der Waals surface area contributed by atoms with E-state index >= 15 is 0 Å². The first-order chi connectivity index (χ1) is 8.54. The van der Waals surface area contributed by atoms with Crippen LogP contribution in [0.25, 0.3) is 0 Å². The maximum Gasteiger partial charge on any atom is 0.274 e. The standard InChI is InChI=1S/C12H7ClF2N2O/c13-7-1-2-16-11(3-7)12(18)17-10-5-8(14)4-9(15)6-10/h1-6H,(H,17,18). The zero-order valence-electron chi connectivity index (χ0n) is 8.95. The lowest BCUT2D eigenvalue weighted by molar-refractivity contribution is 0.102. The maximum atomic E-state index is 12.9. The average Bonchev–Trinajstić information content (AvgIpc) is 2.27. The summed E-state index contributed by atoms with van der Waals surface area (Å²) >= 11 is 5.70. The quantitative estimate of drug-likeness (QED) is 0.908. The van der Waals surface area contributed by atoms with Crippen molar-refractivity contribution in [1.29, 1.82) is 0 Å². The summed E-state index contributed by atoms with van der Waals surface area (Å²) in [5, 5.41) is 2.67. The summed E-state index contributed by atoms with van der Waals surface area (Å²) in [4.78, 5) is 15.5. The van der Waals surface area contributed by atoms with Crippen LogP contribution in [0.3, 0.4) is 0 Å². The SMILES string of the molecule is O=C(Nc1cc(F)cc(F)c1)c1cc(Cl)ccn1. The molecule has 1 aromatic heterocycles. The van der Waals surface area contributed by atoms with E-state index in [1.165, 1.54) is 18.3 Å². The first-order valence-corrected chi connectivity index (χ1v) is 5.31. The average molecular weight is 269 g/mol. The minimum atomic E-state index is -0.774. The van der Waals surface area contributed by atoms with Crippen molar-refractivity contribution < 1.29 is 13.6 Å². The van der Waals surface area contributed by atoms with E-state index in [1.807, 2.05) is 0 Å². The van der Waals surface area contributed by atoms with Gasteiger partial charge < -0.3 is 5.32 Å². The fraction of sp³-hybridized carbons (Fsp3) is 0. The van der Waals surface area contributed by atoms with Crippen molar-refractivity contribution in [1.82, 2.24) is 4.98 Å². The lowest BCUT2D eigenvalue weighted by Gasteiger charge is -2.05. The summed E-state index contributed by atoms with van der Waals surface area (Å²) in [6.45, 7) is 0. The van der Waals surface area contributed by atoms with E-state index in [0.29, 0.717) is 11.1 Å². The molecular formula is C12H7ClF2N2O. The Morgan fingerprint density at radius 1 is 1.17 bits per heavy atom. The van der Waals surface area contributed by atoms with Crippen LogP contribution < -0.4 is 5.32 Å². The van der Waals surface area contributed by atoms with Gasteiger partial charge in [0.25, 0.3) is 5.91 Å². The van der Waals surface area contributed by atoms with Crippen LogP contribution in [-0.4, -0.2) is 10.9 Å². The number of anilines is 1. The first kappa shape index (κ1) is 12.4. The summed E-state index contributed by atoms with van der Waals surface area (Å²) < 4.78 is 25.8. The molecule has 0 saturated heterocycles. The Labute approximate surface area is 106 Å². The molecule has 0 saturated carbocycles. The van der Waals surface area contributed by atoms with Gasteiger partial charge in [0.1, 0.15) is 17.3 Å². The number of amides is 1. The predicted octanol–water partition coefficient (Wildman–Crippen LogP) is 3.27. The Morgan fingerprint density at radius 2 is 1.83 bits per heavy atom. The van der Waals surface area contributed by atoms with Gasteiger partial charge in [0.15, 0.2) is 0 Å². The zero-order valence-corrected chi connectivity index (χ0v) is 9.71. The van der Waals surface area contributed by atoms with Crippen LogP contribution in [0.1, 0.15) is 10.5 Å². The van der Waals surface area contributed by atoms with Gasteiger partial charge in [0, 0.05) is 23.0 Å². The molecule has 0 unspecified atom stereocenters. The predicted molar refractivity (Wildman–Crippen MR) is 63.6 cm³/mol. The number of rotatable bonds is 2. The van der Waals surface area contributed by atoms with Crippen molar-refractivity contribution >= 4 is 23.2 Å². The Balaban J connectivity index is 2.21. The molecule has 92 valence electrons. The van der Waals surface area contributed by atoms with Crippen LogP contribution in [0, 0.1) is 11.6 Å². The number of carbonyl (C=O) groups is 1. The van der Waals surface area contributed by atoms with E-state index in [2.05, 4.69) is 10.3 Å². The maximum absolute atomic E-state index is 12.9. The fourth-order valence-corrected chi connectivity index (χ4v) is 1.51. The number of hydrogen-bond acceptors (Lipinski definition) is 2. The third-order valence-electron chi connectivity index (χ3n) is 2.08. The molecule has 1 aromatic carbocycles. The Kier molecular flexibility index (Phi) is 3.53. The van der Waals surface area contributed by atoms with Gasteiger partial charge >= 0.3 is 0 Å². The van der Waals surface area contributed by atoms with Crippen molar-refractivity contribution in [2.45, 2.75) is 0 Å². The van der Waals surface area contributed by atoms with Gasteiger partial charge in [-0.1, -0.05) is 11.6 Å². The van der Waals surface area contributed by atoms with Crippen LogP contribution in [0.5, 0.6) is 0 Å². The summed E-state index contributed by atoms with van der Waals surface area (Å²) in [5.41, 5.74) is 0.0754. The van der Waals surface area contributed by atoms with Gasteiger partial charge in [-0.25, -0.2) is 8.78 Å². The van der Waals surface area contributed by atoms with Gasteiger partial charge in [0.2, 0.25) is 0 Å². The van der Waals surface area contributed by atoms with E-state index in [-0.39, 0.29) is 11.4 Å². The molecule has 2 rings (SSSR count). The number of benzene rings is 1. The Morgan fingerprint density at radius 3 is 2.44 bits per heavy atom. The highest BCUT2D eigenvalue weighted by atomic mass is 35.5. The first-order valence-electron chi connectivity index (χ1n) is 4.93. The minimum Gasteiger partial charge on any atom is -0.320 e. The molecular weight excluding hydrogens is 262 g/mol. The van der Waals surface area contributed by atoms with Gasteiger partial charge in [0.05, 0.1) is 0 Å². The molecule has 1 N–H and O–H groups in total. The summed E-state index contributed by atoms with van der Waals surface area (Å²) in [6.07, 6.45) is 1.36. The van der Waals surface area contributed by atoms with Gasteiger partial charge in [-0.05, 0) is 24.3 Å². The number of nitrogens with zero attached hydrogens (tertiary/aromatic N) is 1. The van der Waals surface area contributed by atoms with Crippen LogP contribution in [0.4, 0.5) is 14.5 Å². The molecule has 0 spiro atoms. The number of nitrogens with one attached hydrogen (secondary N) is 1. The fourth-order valence-electron chi connectivity index (χ4n) is 1.35. The molecule has 1 amide bonds. The third kappa shape index (κ3) is 3.01. The molecule has 2 aromatic rings. The summed E-state index contributed by atoms with van der Waals surface area (Å²) in [7, 11) is 0. The van der Waals surface area contributed by atoms with E-state index < -0.39 is 17.5 Å². The molecule has 18 heavy (non-hydrogen) atoms. The number of hydrogen-bond donors (Lipinski definition) is 1. The van der Waals surface area contributed by atoms with Crippen LogP contribution in [0.2, 0.25) is 5.02 Å².